The lowest BCUT2D eigenvalue weighted by Crippen LogP contribution is -2.27. The highest BCUT2D eigenvalue weighted by atomic mass is 35.5. The predicted molar refractivity (Wildman–Crippen MR) is 123 cm³/mol. The fourth-order valence-corrected chi connectivity index (χ4v) is 4.59. The van der Waals surface area contributed by atoms with Crippen LogP contribution in [0.3, 0.4) is 0 Å². The normalized spacial score (nSPS) is 15.3. The van der Waals surface area contributed by atoms with Crippen LogP contribution in [0.5, 0.6) is 0 Å². The number of anilines is 1. The third-order valence-corrected chi connectivity index (χ3v) is 6.09. The van der Waals surface area contributed by atoms with E-state index in [4.69, 9.17) is 44.9 Å². The number of furan rings is 1. The molecule has 0 unspecified atom stereocenters. The number of nitrogens with zero attached hydrogens (tertiary/aromatic N) is 1. The quantitative estimate of drug-likeness (QED) is 0.349. The third-order valence-electron chi connectivity index (χ3n) is 4.24. The minimum Gasteiger partial charge on any atom is -0.478 e. The van der Waals surface area contributed by atoms with Crippen molar-refractivity contribution < 1.29 is 19.1 Å². The number of aromatic carboxylic acids is 1. The van der Waals surface area contributed by atoms with Crippen molar-refractivity contribution in [1.82, 2.24) is 0 Å². The number of thioether (sulfide) groups is 1. The SMILES string of the molecule is O=C(O)c1ccc(-c2ccc(/C=C3/SC(=S)N(c4cccc(Cl)c4)C3=O)o2)cc1Cl. The molecule has 1 amide bonds. The Kier molecular flexibility index (Phi) is 5.71. The summed E-state index contributed by atoms with van der Waals surface area (Å²) in [7, 11) is 0. The van der Waals surface area contributed by atoms with Gasteiger partial charge < -0.3 is 9.52 Å². The average molecular weight is 476 g/mol. The van der Waals surface area contributed by atoms with Gasteiger partial charge in [-0.15, -0.1) is 0 Å². The van der Waals surface area contributed by atoms with Crippen LogP contribution in [0.4, 0.5) is 5.69 Å². The molecule has 2 heterocycles. The highest BCUT2D eigenvalue weighted by molar-refractivity contribution is 8.27. The molecule has 1 saturated heterocycles. The number of halogens is 2. The Bertz CT molecular complexity index is 1240. The van der Waals surface area contributed by atoms with E-state index in [-0.39, 0.29) is 16.5 Å². The van der Waals surface area contributed by atoms with E-state index in [0.717, 1.165) is 0 Å². The van der Waals surface area contributed by atoms with Gasteiger partial charge in [-0.2, -0.15) is 0 Å². The number of carboxylic acids is 1. The van der Waals surface area contributed by atoms with Crippen molar-refractivity contribution in [2.75, 3.05) is 4.90 Å². The first-order chi connectivity index (χ1) is 14.3. The Balaban J connectivity index is 1.60. The van der Waals surface area contributed by atoms with E-state index in [1.165, 1.54) is 28.8 Å². The van der Waals surface area contributed by atoms with E-state index in [1.54, 1.807) is 48.5 Å². The number of amides is 1. The van der Waals surface area contributed by atoms with Gasteiger partial charge in [0.2, 0.25) is 0 Å². The maximum atomic E-state index is 12.8. The first kappa shape index (κ1) is 20.7. The van der Waals surface area contributed by atoms with Gasteiger partial charge in [-0.05, 0) is 42.5 Å². The van der Waals surface area contributed by atoms with Crippen molar-refractivity contribution in [2.24, 2.45) is 0 Å². The number of thiocarbonyl (C=S) groups is 1. The van der Waals surface area contributed by atoms with Crippen molar-refractivity contribution >= 4 is 75.1 Å². The molecule has 1 aromatic heterocycles. The maximum absolute atomic E-state index is 12.8. The zero-order chi connectivity index (χ0) is 21.4. The molecule has 1 N–H and O–H groups in total. The number of carboxylic acid groups (broad SMARTS) is 1. The lowest BCUT2D eigenvalue weighted by molar-refractivity contribution is -0.113. The second kappa shape index (κ2) is 8.28. The molecule has 1 aliphatic rings. The summed E-state index contributed by atoms with van der Waals surface area (Å²) in [6.07, 6.45) is 1.61. The van der Waals surface area contributed by atoms with Crippen LogP contribution in [-0.2, 0) is 4.79 Å². The summed E-state index contributed by atoms with van der Waals surface area (Å²) in [6.45, 7) is 0. The fourth-order valence-electron chi connectivity index (χ4n) is 2.86. The van der Waals surface area contributed by atoms with Gasteiger partial charge in [0, 0.05) is 16.7 Å². The Morgan fingerprint density at radius 2 is 1.93 bits per heavy atom. The van der Waals surface area contributed by atoms with Crippen molar-refractivity contribution in [1.29, 1.82) is 0 Å². The van der Waals surface area contributed by atoms with Gasteiger partial charge in [-0.25, -0.2) is 4.79 Å². The van der Waals surface area contributed by atoms with Gasteiger partial charge in [-0.1, -0.05) is 59.3 Å². The molecule has 5 nitrogen and oxygen atoms in total. The zero-order valence-electron chi connectivity index (χ0n) is 15.0. The Hall–Kier alpha value is -2.58. The van der Waals surface area contributed by atoms with Crippen LogP contribution in [0.15, 0.2) is 63.9 Å². The van der Waals surface area contributed by atoms with Gasteiger partial charge in [0.1, 0.15) is 11.5 Å². The van der Waals surface area contributed by atoms with Crippen molar-refractivity contribution in [3.63, 3.8) is 0 Å². The smallest absolute Gasteiger partial charge is 0.337 e. The minimum atomic E-state index is -1.10. The van der Waals surface area contributed by atoms with Crippen LogP contribution in [0.25, 0.3) is 17.4 Å². The van der Waals surface area contributed by atoms with E-state index in [0.29, 0.717) is 37.0 Å². The molecule has 9 heteroatoms. The lowest BCUT2D eigenvalue weighted by Gasteiger charge is -2.14. The molecule has 30 heavy (non-hydrogen) atoms. The molecule has 4 rings (SSSR count). The molecule has 1 aliphatic heterocycles. The van der Waals surface area contributed by atoms with Gasteiger partial charge in [0.25, 0.3) is 5.91 Å². The monoisotopic (exact) mass is 475 g/mol. The van der Waals surface area contributed by atoms with E-state index in [9.17, 15) is 9.59 Å². The van der Waals surface area contributed by atoms with Crippen LogP contribution >= 0.6 is 47.2 Å². The number of rotatable bonds is 4. The summed E-state index contributed by atoms with van der Waals surface area (Å²) in [5.41, 5.74) is 1.23. The molecule has 0 bridgehead atoms. The maximum Gasteiger partial charge on any atom is 0.337 e. The highest BCUT2D eigenvalue weighted by Crippen LogP contribution is 2.37. The number of carbonyl (C=O) groups excluding carboxylic acids is 1. The van der Waals surface area contributed by atoms with Crippen molar-refractivity contribution in [2.45, 2.75) is 0 Å². The van der Waals surface area contributed by atoms with Gasteiger partial charge in [0.05, 0.1) is 21.2 Å². The second-order valence-electron chi connectivity index (χ2n) is 6.20. The van der Waals surface area contributed by atoms with Crippen LogP contribution in [-0.4, -0.2) is 21.3 Å². The number of carbonyl (C=O) groups is 2. The molecular formula is C21H11Cl2NO4S2. The fraction of sp³-hybridized carbons (Fsp3) is 0. The van der Waals surface area contributed by atoms with E-state index < -0.39 is 5.97 Å². The molecule has 3 aromatic rings. The summed E-state index contributed by atoms with van der Waals surface area (Å²) in [4.78, 5) is 25.8. The predicted octanol–water partition coefficient (Wildman–Crippen LogP) is 6.36. The molecule has 0 aliphatic carbocycles. The lowest BCUT2D eigenvalue weighted by atomic mass is 10.1. The van der Waals surface area contributed by atoms with Crippen molar-refractivity contribution in [3.8, 4) is 11.3 Å². The third kappa shape index (κ3) is 4.02. The molecule has 0 saturated carbocycles. The van der Waals surface area contributed by atoms with Crippen LogP contribution < -0.4 is 4.90 Å². The highest BCUT2D eigenvalue weighted by Gasteiger charge is 2.33. The molecule has 2 aromatic carbocycles. The largest absolute Gasteiger partial charge is 0.478 e. The standard InChI is InChI=1S/C21H11Cl2NO4S2/c22-12-2-1-3-13(9-12)24-19(25)18(30-21(24)29)10-14-5-7-17(28-14)11-4-6-15(20(26)27)16(23)8-11/h1-10H,(H,26,27)/b18-10+. The second-order valence-corrected chi connectivity index (χ2v) is 8.72. The van der Waals surface area contributed by atoms with Gasteiger partial charge >= 0.3 is 5.97 Å². The molecule has 1 fully saturated rings. The Morgan fingerprint density at radius 3 is 2.63 bits per heavy atom. The Labute approximate surface area is 190 Å². The Morgan fingerprint density at radius 1 is 1.13 bits per heavy atom. The molecular weight excluding hydrogens is 465 g/mol. The summed E-state index contributed by atoms with van der Waals surface area (Å²) in [6, 6.07) is 14.9. The van der Waals surface area contributed by atoms with E-state index >= 15 is 0 Å². The molecule has 0 spiro atoms. The van der Waals surface area contributed by atoms with Gasteiger partial charge in [0.15, 0.2) is 4.32 Å². The summed E-state index contributed by atoms with van der Waals surface area (Å²) in [5, 5.41) is 9.70. The van der Waals surface area contributed by atoms with Crippen LogP contribution in [0, 0.1) is 0 Å². The number of hydrogen-bond donors (Lipinski definition) is 1. The summed E-state index contributed by atoms with van der Waals surface area (Å²) in [5.74, 6) is -0.423. The first-order valence-electron chi connectivity index (χ1n) is 8.50. The zero-order valence-corrected chi connectivity index (χ0v) is 18.1. The van der Waals surface area contributed by atoms with Crippen LogP contribution in [0.2, 0.25) is 10.0 Å². The van der Waals surface area contributed by atoms with Crippen molar-refractivity contribution in [3.05, 3.63) is 80.9 Å². The molecule has 150 valence electrons. The average Bonchev–Trinajstić information content (AvgIpc) is 3.26. The summed E-state index contributed by atoms with van der Waals surface area (Å²) >= 11 is 18.6. The first-order valence-corrected chi connectivity index (χ1v) is 10.5. The molecule has 0 atom stereocenters. The van der Waals surface area contributed by atoms with Crippen LogP contribution in [0.1, 0.15) is 16.1 Å². The topological polar surface area (TPSA) is 70.8 Å². The van der Waals surface area contributed by atoms with E-state index in [2.05, 4.69) is 0 Å². The van der Waals surface area contributed by atoms with Gasteiger partial charge in [-0.3, -0.25) is 9.69 Å². The number of hydrogen-bond acceptors (Lipinski definition) is 5. The molecule has 0 radical (unpaired) electrons. The van der Waals surface area contributed by atoms with E-state index in [1.807, 2.05) is 0 Å². The summed E-state index contributed by atoms with van der Waals surface area (Å²) < 4.78 is 6.20. The minimum absolute atomic E-state index is 0.0110. The number of benzene rings is 2.